The van der Waals surface area contributed by atoms with E-state index in [1.807, 2.05) is 182 Å². The zero-order valence-electron chi connectivity index (χ0n) is 37.3. The summed E-state index contributed by atoms with van der Waals surface area (Å²) in [7, 11) is 1.58. The lowest BCUT2D eigenvalue weighted by Gasteiger charge is -2.49. The highest BCUT2D eigenvalue weighted by atomic mass is 16.8. The van der Waals surface area contributed by atoms with Crippen LogP contribution < -0.4 is 0 Å². The van der Waals surface area contributed by atoms with Crippen LogP contribution in [0.5, 0.6) is 0 Å². The van der Waals surface area contributed by atoms with Crippen LogP contribution in [0, 0.1) is 0 Å². The number of aliphatic hydroxyl groups is 1. The molecule has 2 aliphatic rings. The summed E-state index contributed by atoms with van der Waals surface area (Å²) < 4.78 is 66.4. The Bertz CT molecular complexity index is 2220. The molecule has 2 heterocycles. The average molecular weight is 897 g/mol. The summed E-state index contributed by atoms with van der Waals surface area (Å²) in [6.07, 6.45) is -9.19. The van der Waals surface area contributed by atoms with Gasteiger partial charge in [0.2, 0.25) is 0 Å². The van der Waals surface area contributed by atoms with E-state index in [0.717, 1.165) is 33.4 Å². The van der Waals surface area contributed by atoms with Crippen LogP contribution in [-0.2, 0) is 87.0 Å². The maximum atomic E-state index is 12.6. The van der Waals surface area contributed by atoms with Gasteiger partial charge in [-0.15, -0.1) is 0 Å². The second-order valence-electron chi connectivity index (χ2n) is 16.5. The van der Waals surface area contributed by atoms with E-state index < -0.39 is 61.4 Å². The van der Waals surface area contributed by atoms with Gasteiger partial charge in [-0.1, -0.05) is 182 Å². The minimum absolute atomic E-state index is 0.0964. The van der Waals surface area contributed by atoms with Crippen molar-refractivity contribution in [1.82, 2.24) is 0 Å². The predicted octanol–water partition coefficient (Wildman–Crippen LogP) is 8.60. The molecule has 6 aromatic rings. The first-order valence-corrected chi connectivity index (χ1v) is 22.6. The molecule has 0 spiro atoms. The van der Waals surface area contributed by atoms with Crippen molar-refractivity contribution in [3.05, 3.63) is 215 Å². The third-order valence-electron chi connectivity index (χ3n) is 11.7. The second-order valence-corrected chi connectivity index (χ2v) is 16.5. The number of benzene rings is 6. The summed E-state index contributed by atoms with van der Waals surface area (Å²) in [5, 5.41) is 12.6. The fourth-order valence-electron chi connectivity index (χ4n) is 8.22. The normalized spacial score (nSPS) is 25.4. The lowest BCUT2D eigenvalue weighted by molar-refractivity contribution is -0.372. The Morgan fingerprint density at radius 1 is 0.364 bits per heavy atom. The number of hydrogen-bond acceptors (Lipinski definition) is 11. The van der Waals surface area contributed by atoms with Crippen molar-refractivity contribution in [2.24, 2.45) is 0 Å². The Morgan fingerprint density at radius 3 is 1.08 bits per heavy atom. The molecule has 0 unspecified atom stereocenters. The molecule has 66 heavy (non-hydrogen) atoms. The van der Waals surface area contributed by atoms with E-state index in [2.05, 4.69) is 0 Å². The summed E-state index contributed by atoms with van der Waals surface area (Å²) in [6.45, 7) is 1.80. The SMILES string of the molecule is CO[C@H]1O[C@H](COCc2ccccc2)[C@@H](O[C@@H]2O[C@H](COCc3ccccc3)[C@@H](OCc3ccccc3)[C@H](OCc3ccccc3)[C@@H]2O)[C@H](OCc2ccccc2)[C@H]1OCc1ccccc1. The molecule has 346 valence electrons. The van der Waals surface area contributed by atoms with Gasteiger partial charge in [-0.25, -0.2) is 0 Å². The third-order valence-corrected chi connectivity index (χ3v) is 11.7. The summed E-state index contributed by atoms with van der Waals surface area (Å²) in [4.78, 5) is 0. The molecule has 0 bridgehead atoms. The molecule has 0 saturated carbocycles. The average Bonchev–Trinajstić information content (AvgIpc) is 3.37. The highest BCUT2D eigenvalue weighted by Gasteiger charge is 2.54. The summed E-state index contributed by atoms with van der Waals surface area (Å²) in [5.41, 5.74) is 5.81. The Morgan fingerprint density at radius 2 is 0.682 bits per heavy atom. The first kappa shape index (κ1) is 47.4. The molecule has 11 nitrogen and oxygen atoms in total. The zero-order chi connectivity index (χ0) is 45.2. The van der Waals surface area contributed by atoms with Gasteiger partial charge in [0, 0.05) is 7.11 Å². The Kier molecular flexibility index (Phi) is 18.0. The van der Waals surface area contributed by atoms with E-state index in [1.165, 1.54) is 0 Å². The Balaban J connectivity index is 1.12. The van der Waals surface area contributed by atoms with E-state index in [4.69, 9.17) is 47.4 Å². The molecule has 6 aromatic carbocycles. The van der Waals surface area contributed by atoms with Crippen molar-refractivity contribution in [3.63, 3.8) is 0 Å². The molecular weight excluding hydrogens is 837 g/mol. The molecule has 8 rings (SSSR count). The van der Waals surface area contributed by atoms with Gasteiger partial charge in [0.25, 0.3) is 0 Å². The lowest BCUT2D eigenvalue weighted by Crippen LogP contribution is -2.66. The van der Waals surface area contributed by atoms with E-state index >= 15 is 0 Å². The molecule has 0 aromatic heterocycles. The quantitative estimate of drug-likeness (QED) is 0.0668. The predicted molar refractivity (Wildman–Crippen MR) is 247 cm³/mol. The first-order chi connectivity index (χ1) is 32.6. The van der Waals surface area contributed by atoms with Gasteiger partial charge < -0.3 is 52.5 Å². The van der Waals surface area contributed by atoms with Crippen molar-refractivity contribution in [2.75, 3.05) is 20.3 Å². The van der Waals surface area contributed by atoms with Crippen LogP contribution in [0.4, 0.5) is 0 Å². The largest absolute Gasteiger partial charge is 0.385 e. The van der Waals surface area contributed by atoms with Crippen LogP contribution in [0.15, 0.2) is 182 Å². The van der Waals surface area contributed by atoms with Gasteiger partial charge in [-0.3, -0.25) is 0 Å². The van der Waals surface area contributed by atoms with Crippen molar-refractivity contribution in [1.29, 1.82) is 0 Å². The van der Waals surface area contributed by atoms with E-state index in [-0.39, 0.29) is 39.6 Å². The van der Waals surface area contributed by atoms with E-state index in [9.17, 15) is 5.11 Å². The maximum Gasteiger partial charge on any atom is 0.187 e. The van der Waals surface area contributed by atoms with Crippen molar-refractivity contribution >= 4 is 0 Å². The molecule has 2 fully saturated rings. The fraction of sp³-hybridized carbons (Fsp3) is 0.345. The number of rotatable bonds is 23. The van der Waals surface area contributed by atoms with Crippen LogP contribution in [0.25, 0.3) is 0 Å². The molecular formula is C55H60O11. The number of methoxy groups -OCH3 is 1. The number of ether oxygens (including phenoxy) is 10. The third kappa shape index (κ3) is 13.5. The van der Waals surface area contributed by atoms with Crippen molar-refractivity contribution < 1.29 is 52.5 Å². The lowest BCUT2D eigenvalue weighted by atomic mass is 9.96. The van der Waals surface area contributed by atoms with Crippen molar-refractivity contribution in [3.8, 4) is 0 Å². The minimum atomic E-state index is -1.34. The van der Waals surface area contributed by atoms with Crippen molar-refractivity contribution in [2.45, 2.75) is 101 Å². The summed E-state index contributed by atoms with van der Waals surface area (Å²) >= 11 is 0. The minimum Gasteiger partial charge on any atom is -0.385 e. The van der Waals surface area contributed by atoms with E-state index in [1.54, 1.807) is 7.11 Å². The second kappa shape index (κ2) is 25.1. The van der Waals surface area contributed by atoms with Gasteiger partial charge in [0.1, 0.15) is 48.8 Å². The summed E-state index contributed by atoms with van der Waals surface area (Å²) in [5.74, 6) is 0. The molecule has 0 radical (unpaired) electrons. The van der Waals surface area contributed by atoms with E-state index in [0.29, 0.717) is 13.2 Å². The van der Waals surface area contributed by atoms with Gasteiger partial charge in [-0.05, 0) is 33.4 Å². The van der Waals surface area contributed by atoms with Gasteiger partial charge in [-0.2, -0.15) is 0 Å². The molecule has 10 atom stereocenters. The molecule has 0 amide bonds. The first-order valence-electron chi connectivity index (χ1n) is 22.6. The molecule has 2 aliphatic heterocycles. The van der Waals surface area contributed by atoms with Crippen LogP contribution >= 0.6 is 0 Å². The van der Waals surface area contributed by atoms with Gasteiger partial charge in [0.15, 0.2) is 12.6 Å². The van der Waals surface area contributed by atoms with Crippen LogP contribution in [0.1, 0.15) is 33.4 Å². The fourth-order valence-corrected chi connectivity index (χ4v) is 8.22. The van der Waals surface area contributed by atoms with Gasteiger partial charge >= 0.3 is 0 Å². The molecule has 2 saturated heterocycles. The zero-order valence-corrected chi connectivity index (χ0v) is 37.3. The van der Waals surface area contributed by atoms with Crippen LogP contribution in [-0.4, -0.2) is 86.8 Å². The topological polar surface area (TPSA) is 113 Å². The van der Waals surface area contributed by atoms with Gasteiger partial charge in [0.05, 0.1) is 52.9 Å². The highest BCUT2D eigenvalue weighted by molar-refractivity contribution is 5.18. The summed E-state index contributed by atoms with van der Waals surface area (Å²) in [6, 6.07) is 59.4. The maximum absolute atomic E-state index is 12.6. The van der Waals surface area contributed by atoms with Crippen LogP contribution in [0.3, 0.4) is 0 Å². The standard InChI is InChI=1S/C55H60O11/c1-57-55-53(63-37-45-30-18-7-19-31-45)52(62-36-44-28-16-6-17-29-44)50(47(65-55)39-59-33-41-22-10-3-11-23-41)66-54-48(56)51(61-35-43-26-14-5-15-27-43)49(60-34-42-24-12-4-13-25-42)46(64-54)38-58-32-40-20-8-2-9-21-40/h2-31,46-56H,32-39H2,1H3/t46-,47-,48+,49-,50-,51-,52+,53-,54+,55+/m1/s1. The Labute approximate surface area is 388 Å². The Hall–Kier alpha value is -5.12. The highest BCUT2D eigenvalue weighted by Crippen LogP contribution is 2.35. The molecule has 1 N–H and O–H groups in total. The number of hydrogen-bond donors (Lipinski definition) is 1. The number of aliphatic hydroxyl groups excluding tert-OH is 1. The van der Waals surface area contributed by atoms with Crippen LogP contribution in [0.2, 0.25) is 0 Å². The smallest absolute Gasteiger partial charge is 0.187 e. The molecule has 11 heteroatoms. The molecule has 0 aliphatic carbocycles. The monoisotopic (exact) mass is 896 g/mol.